The van der Waals surface area contributed by atoms with Gasteiger partial charge < -0.3 is 4.74 Å². The Morgan fingerprint density at radius 1 is 1.39 bits per heavy atom. The van der Waals surface area contributed by atoms with Crippen LogP contribution in [0.15, 0.2) is 18.2 Å². The predicted molar refractivity (Wildman–Crippen MR) is 65.4 cm³/mol. The Hall–Kier alpha value is -1.91. The molecular weight excluding hydrogens is 234 g/mol. The SMILES string of the molecule is Cc1cc(OC(=O)C2CCCC2)ccc1[N+](=O)[O-]. The highest BCUT2D eigenvalue weighted by molar-refractivity contribution is 5.75. The van der Waals surface area contributed by atoms with E-state index >= 15 is 0 Å². The van der Waals surface area contributed by atoms with Gasteiger partial charge >= 0.3 is 5.97 Å². The maximum Gasteiger partial charge on any atom is 0.314 e. The second-order valence-corrected chi connectivity index (χ2v) is 4.61. The lowest BCUT2D eigenvalue weighted by atomic mass is 10.1. The van der Waals surface area contributed by atoms with E-state index in [1.807, 2.05) is 0 Å². The molecule has 0 radical (unpaired) electrons. The summed E-state index contributed by atoms with van der Waals surface area (Å²) >= 11 is 0. The summed E-state index contributed by atoms with van der Waals surface area (Å²) in [5.41, 5.74) is 0.535. The summed E-state index contributed by atoms with van der Waals surface area (Å²) in [5.74, 6) is 0.149. The van der Waals surface area contributed by atoms with Crippen LogP contribution in [0.25, 0.3) is 0 Å². The average molecular weight is 249 g/mol. The van der Waals surface area contributed by atoms with Crippen LogP contribution in [0.3, 0.4) is 0 Å². The van der Waals surface area contributed by atoms with Crippen LogP contribution >= 0.6 is 0 Å². The number of nitro benzene ring substituents is 1. The van der Waals surface area contributed by atoms with Gasteiger partial charge in [-0.05, 0) is 31.9 Å². The molecule has 0 N–H and O–H groups in total. The summed E-state index contributed by atoms with van der Waals surface area (Å²) in [6, 6.07) is 4.37. The molecule has 5 nitrogen and oxygen atoms in total. The number of rotatable bonds is 3. The average Bonchev–Trinajstić information content (AvgIpc) is 2.81. The standard InChI is InChI=1S/C13H15NO4/c1-9-8-11(6-7-12(9)14(16)17)18-13(15)10-4-2-3-5-10/h6-8,10H,2-5H2,1H3. The van der Waals surface area contributed by atoms with Gasteiger partial charge in [0.15, 0.2) is 0 Å². The fourth-order valence-electron chi connectivity index (χ4n) is 2.26. The third kappa shape index (κ3) is 2.67. The van der Waals surface area contributed by atoms with E-state index in [0.29, 0.717) is 11.3 Å². The number of aryl methyl sites for hydroxylation is 1. The summed E-state index contributed by atoms with van der Waals surface area (Å²) in [6.07, 6.45) is 3.90. The maximum absolute atomic E-state index is 11.8. The van der Waals surface area contributed by atoms with Gasteiger partial charge in [0.25, 0.3) is 5.69 Å². The topological polar surface area (TPSA) is 69.4 Å². The number of ether oxygens (including phenoxy) is 1. The van der Waals surface area contributed by atoms with Gasteiger partial charge in [0.1, 0.15) is 5.75 Å². The zero-order valence-electron chi connectivity index (χ0n) is 10.2. The highest BCUT2D eigenvalue weighted by Gasteiger charge is 2.24. The molecule has 0 atom stereocenters. The van der Waals surface area contributed by atoms with Crippen molar-refractivity contribution in [2.24, 2.45) is 5.92 Å². The number of nitro groups is 1. The minimum Gasteiger partial charge on any atom is -0.426 e. The van der Waals surface area contributed by atoms with Gasteiger partial charge in [0, 0.05) is 11.6 Å². The van der Waals surface area contributed by atoms with Crippen LogP contribution in [0.1, 0.15) is 31.2 Å². The lowest BCUT2D eigenvalue weighted by molar-refractivity contribution is -0.385. The molecule has 1 fully saturated rings. The first-order valence-corrected chi connectivity index (χ1v) is 6.04. The van der Waals surface area contributed by atoms with Gasteiger partial charge in [-0.3, -0.25) is 14.9 Å². The summed E-state index contributed by atoms with van der Waals surface area (Å²) in [7, 11) is 0. The number of carbonyl (C=O) groups excluding carboxylic acids is 1. The second kappa shape index (κ2) is 5.16. The predicted octanol–water partition coefficient (Wildman–Crippen LogP) is 3.00. The van der Waals surface area contributed by atoms with Crippen molar-refractivity contribution in [1.82, 2.24) is 0 Å². The second-order valence-electron chi connectivity index (χ2n) is 4.61. The third-order valence-corrected chi connectivity index (χ3v) is 3.27. The summed E-state index contributed by atoms with van der Waals surface area (Å²) in [4.78, 5) is 22.0. The first-order valence-electron chi connectivity index (χ1n) is 6.04. The Balaban J connectivity index is 2.07. The molecule has 5 heteroatoms. The van der Waals surface area contributed by atoms with Gasteiger partial charge in [-0.15, -0.1) is 0 Å². The first kappa shape index (κ1) is 12.5. The molecule has 1 aliphatic rings. The van der Waals surface area contributed by atoms with Crippen molar-refractivity contribution in [2.75, 3.05) is 0 Å². The monoisotopic (exact) mass is 249 g/mol. The quantitative estimate of drug-likeness (QED) is 0.357. The molecule has 0 spiro atoms. The fraction of sp³-hybridized carbons (Fsp3) is 0.462. The number of benzene rings is 1. The van der Waals surface area contributed by atoms with Crippen molar-refractivity contribution in [3.8, 4) is 5.75 Å². The van der Waals surface area contributed by atoms with E-state index in [-0.39, 0.29) is 17.6 Å². The zero-order chi connectivity index (χ0) is 13.1. The van der Waals surface area contributed by atoms with E-state index in [2.05, 4.69) is 0 Å². The molecule has 1 saturated carbocycles. The molecule has 0 aliphatic heterocycles. The maximum atomic E-state index is 11.8. The van der Waals surface area contributed by atoms with E-state index < -0.39 is 4.92 Å². The lowest BCUT2D eigenvalue weighted by Gasteiger charge is -2.09. The van der Waals surface area contributed by atoms with Crippen molar-refractivity contribution < 1.29 is 14.5 Å². The smallest absolute Gasteiger partial charge is 0.314 e. The largest absolute Gasteiger partial charge is 0.426 e. The Morgan fingerprint density at radius 3 is 2.61 bits per heavy atom. The van der Waals surface area contributed by atoms with Crippen LogP contribution in [0.4, 0.5) is 5.69 Å². The Bertz CT molecular complexity index is 478. The Labute approximate surface area is 105 Å². The number of hydrogen-bond donors (Lipinski definition) is 0. The van der Waals surface area contributed by atoms with Crippen LogP contribution in [0, 0.1) is 23.0 Å². The molecule has 0 bridgehead atoms. The Morgan fingerprint density at radius 2 is 2.06 bits per heavy atom. The van der Waals surface area contributed by atoms with Crippen LogP contribution in [-0.4, -0.2) is 10.9 Å². The molecule has 0 amide bonds. The van der Waals surface area contributed by atoms with Crippen LogP contribution in [0.2, 0.25) is 0 Å². The highest BCUT2D eigenvalue weighted by Crippen LogP contribution is 2.28. The van der Waals surface area contributed by atoms with Gasteiger partial charge in [0.2, 0.25) is 0 Å². The zero-order valence-corrected chi connectivity index (χ0v) is 10.2. The van der Waals surface area contributed by atoms with Crippen LogP contribution < -0.4 is 4.74 Å². The number of carbonyl (C=O) groups is 1. The van der Waals surface area contributed by atoms with Gasteiger partial charge in [-0.1, -0.05) is 12.8 Å². The van der Waals surface area contributed by atoms with E-state index in [4.69, 9.17) is 4.74 Å². The molecular formula is C13H15NO4. The van der Waals surface area contributed by atoms with Crippen molar-refractivity contribution in [2.45, 2.75) is 32.6 Å². The van der Waals surface area contributed by atoms with E-state index in [0.717, 1.165) is 25.7 Å². The van der Waals surface area contributed by atoms with Crippen LogP contribution in [0.5, 0.6) is 5.75 Å². The van der Waals surface area contributed by atoms with Gasteiger partial charge in [-0.25, -0.2) is 0 Å². The molecule has 1 aromatic carbocycles. The minimum atomic E-state index is -0.447. The van der Waals surface area contributed by atoms with Crippen molar-refractivity contribution in [3.63, 3.8) is 0 Å². The molecule has 96 valence electrons. The number of hydrogen-bond acceptors (Lipinski definition) is 4. The van der Waals surface area contributed by atoms with Crippen molar-refractivity contribution in [1.29, 1.82) is 0 Å². The van der Waals surface area contributed by atoms with E-state index in [1.54, 1.807) is 6.92 Å². The molecule has 0 heterocycles. The van der Waals surface area contributed by atoms with Gasteiger partial charge in [0.05, 0.1) is 10.8 Å². The summed E-state index contributed by atoms with van der Waals surface area (Å²) in [5, 5.41) is 10.7. The van der Waals surface area contributed by atoms with Gasteiger partial charge in [-0.2, -0.15) is 0 Å². The number of esters is 1. The molecule has 0 saturated heterocycles. The normalized spacial score (nSPS) is 15.6. The molecule has 2 rings (SSSR count). The van der Waals surface area contributed by atoms with Crippen molar-refractivity contribution >= 4 is 11.7 Å². The molecule has 1 aromatic rings. The summed E-state index contributed by atoms with van der Waals surface area (Å²) < 4.78 is 5.25. The third-order valence-electron chi connectivity index (χ3n) is 3.27. The van der Waals surface area contributed by atoms with E-state index in [9.17, 15) is 14.9 Å². The number of nitrogens with zero attached hydrogens (tertiary/aromatic N) is 1. The fourth-order valence-corrected chi connectivity index (χ4v) is 2.26. The minimum absolute atomic E-state index is 0.0134. The molecule has 18 heavy (non-hydrogen) atoms. The van der Waals surface area contributed by atoms with E-state index in [1.165, 1.54) is 18.2 Å². The molecule has 0 aromatic heterocycles. The Kier molecular flexibility index (Phi) is 3.60. The summed E-state index contributed by atoms with van der Waals surface area (Å²) in [6.45, 7) is 1.63. The first-order chi connectivity index (χ1) is 8.58. The molecule has 0 unspecified atom stereocenters. The highest BCUT2D eigenvalue weighted by atomic mass is 16.6. The van der Waals surface area contributed by atoms with Crippen LogP contribution in [-0.2, 0) is 4.79 Å². The van der Waals surface area contributed by atoms with Crippen molar-refractivity contribution in [3.05, 3.63) is 33.9 Å². The lowest BCUT2D eigenvalue weighted by Crippen LogP contribution is -2.17. The molecule has 1 aliphatic carbocycles.